The Morgan fingerprint density at radius 3 is 2.48 bits per heavy atom. The summed E-state index contributed by atoms with van der Waals surface area (Å²) < 4.78 is 37.5. The minimum Gasteiger partial charge on any atom is -0.480 e. The number of aliphatic hydroxyl groups excluding tert-OH is 1. The molecule has 0 radical (unpaired) electrons. The van der Waals surface area contributed by atoms with Crippen molar-refractivity contribution in [1.29, 1.82) is 0 Å². The molecule has 0 aliphatic carbocycles. The monoisotopic (exact) mass is 461 g/mol. The number of amides is 1. The molecule has 0 bridgehead atoms. The molecule has 1 saturated heterocycles. The van der Waals surface area contributed by atoms with E-state index in [0.29, 0.717) is 10.6 Å². The lowest BCUT2D eigenvalue weighted by Gasteiger charge is -2.36. The first kappa shape index (κ1) is 23.0. The van der Waals surface area contributed by atoms with Crippen LogP contribution in [0.3, 0.4) is 0 Å². The highest BCUT2D eigenvalue weighted by Crippen LogP contribution is 2.33. The normalized spacial score (nSPS) is 15.9. The van der Waals surface area contributed by atoms with Gasteiger partial charge in [-0.15, -0.1) is 11.3 Å². The number of piperazine rings is 1. The van der Waals surface area contributed by atoms with E-state index in [9.17, 15) is 27.9 Å². The second-order valence-corrected chi connectivity index (χ2v) is 8.15. The van der Waals surface area contributed by atoms with Crippen molar-refractivity contribution in [2.24, 2.45) is 0 Å². The van der Waals surface area contributed by atoms with Gasteiger partial charge in [0.15, 0.2) is 6.04 Å². The Bertz CT molecular complexity index is 960. The average Bonchev–Trinajstić information content (AvgIpc) is 3.13. The lowest BCUT2D eigenvalue weighted by molar-refractivity contribution is -0.161. The minimum absolute atomic E-state index is 0.0315. The van der Waals surface area contributed by atoms with E-state index in [1.54, 1.807) is 0 Å². The van der Waals surface area contributed by atoms with Gasteiger partial charge in [0.1, 0.15) is 17.1 Å². The average molecular weight is 461 g/mol. The summed E-state index contributed by atoms with van der Waals surface area (Å²) in [5.74, 6) is -1.68. The Balaban J connectivity index is 1.84. The number of aryl methyl sites for hydroxylation is 1. The van der Waals surface area contributed by atoms with Crippen molar-refractivity contribution in [1.82, 2.24) is 14.9 Å². The third-order valence-electron chi connectivity index (χ3n) is 4.84. The molecule has 0 aromatic carbocycles. The number of nitrogens with one attached hydrogen (secondary N) is 1. The maximum Gasteiger partial charge on any atom is 0.397 e. The second kappa shape index (κ2) is 9.22. The molecule has 31 heavy (non-hydrogen) atoms. The van der Waals surface area contributed by atoms with Crippen LogP contribution in [0.1, 0.15) is 18.2 Å². The largest absolute Gasteiger partial charge is 0.480 e. The lowest BCUT2D eigenvalue weighted by Crippen LogP contribution is -2.49. The summed E-state index contributed by atoms with van der Waals surface area (Å²) in [4.78, 5) is 36.6. The standard InChI is InChI=1S/C18H22F3N5O4S/c1-2-10-7-11-14(23-17(24-15(11)31-10)22-12(9-27)16(29)30)26-5-3-25(4-6-26)13(28)8-18(19,20)21/h7,12,27H,2-6,8-9H2,1H3,(H,29,30)(H,22,23,24)/t12-/m1/s1. The third kappa shape index (κ3) is 5.53. The number of carbonyl (C=O) groups is 2. The Labute approximate surface area is 179 Å². The fourth-order valence-corrected chi connectivity index (χ4v) is 4.19. The van der Waals surface area contributed by atoms with Crippen LogP contribution in [0.15, 0.2) is 6.07 Å². The molecule has 1 fully saturated rings. The molecule has 13 heteroatoms. The fraction of sp³-hybridized carbons (Fsp3) is 0.556. The van der Waals surface area contributed by atoms with Gasteiger partial charge in [0.05, 0.1) is 12.0 Å². The van der Waals surface area contributed by atoms with Gasteiger partial charge in [0, 0.05) is 31.1 Å². The maximum atomic E-state index is 12.5. The van der Waals surface area contributed by atoms with Gasteiger partial charge in [-0.1, -0.05) is 6.92 Å². The lowest BCUT2D eigenvalue weighted by atomic mass is 10.2. The molecule has 170 valence electrons. The van der Waals surface area contributed by atoms with Crippen LogP contribution in [-0.2, 0) is 16.0 Å². The van der Waals surface area contributed by atoms with Gasteiger partial charge in [0.25, 0.3) is 0 Å². The van der Waals surface area contributed by atoms with Crippen molar-refractivity contribution in [3.05, 3.63) is 10.9 Å². The van der Waals surface area contributed by atoms with Gasteiger partial charge in [-0.3, -0.25) is 4.79 Å². The van der Waals surface area contributed by atoms with E-state index in [1.807, 2.05) is 17.9 Å². The molecule has 0 unspecified atom stereocenters. The molecule has 3 rings (SSSR count). The zero-order valence-corrected chi connectivity index (χ0v) is 17.5. The van der Waals surface area contributed by atoms with Crippen molar-refractivity contribution < 1.29 is 33.0 Å². The van der Waals surface area contributed by atoms with Gasteiger partial charge in [-0.05, 0) is 12.5 Å². The summed E-state index contributed by atoms with van der Waals surface area (Å²) in [6, 6.07) is 0.647. The van der Waals surface area contributed by atoms with Gasteiger partial charge in [-0.25, -0.2) is 9.78 Å². The van der Waals surface area contributed by atoms with E-state index in [0.717, 1.165) is 16.7 Å². The molecular weight excluding hydrogens is 439 g/mol. The zero-order valence-electron chi connectivity index (χ0n) is 16.6. The Kier molecular flexibility index (Phi) is 6.84. The fourth-order valence-electron chi connectivity index (χ4n) is 3.23. The molecule has 1 atom stereocenters. The van der Waals surface area contributed by atoms with Crippen molar-refractivity contribution in [2.75, 3.05) is 43.0 Å². The molecule has 9 nitrogen and oxygen atoms in total. The van der Waals surface area contributed by atoms with E-state index in [2.05, 4.69) is 15.3 Å². The Morgan fingerprint density at radius 2 is 1.94 bits per heavy atom. The molecule has 1 amide bonds. The molecule has 0 spiro atoms. The van der Waals surface area contributed by atoms with Crippen molar-refractivity contribution in [2.45, 2.75) is 32.0 Å². The summed E-state index contributed by atoms with van der Waals surface area (Å²) in [6.45, 7) is 2.10. The number of anilines is 2. The van der Waals surface area contributed by atoms with Gasteiger partial charge < -0.3 is 25.3 Å². The van der Waals surface area contributed by atoms with Crippen LogP contribution in [0, 0.1) is 0 Å². The number of aliphatic hydroxyl groups is 1. The quantitative estimate of drug-likeness (QED) is 0.570. The van der Waals surface area contributed by atoms with Gasteiger partial charge >= 0.3 is 12.1 Å². The number of halogens is 3. The SMILES string of the molecule is CCc1cc2c(N3CCN(C(=O)CC(F)(F)F)CC3)nc(N[C@H](CO)C(=O)O)nc2s1. The van der Waals surface area contributed by atoms with Crippen LogP contribution >= 0.6 is 11.3 Å². The zero-order chi connectivity index (χ0) is 22.8. The number of thiophene rings is 1. The van der Waals surface area contributed by atoms with E-state index in [-0.39, 0.29) is 32.1 Å². The van der Waals surface area contributed by atoms with Crippen LogP contribution < -0.4 is 10.2 Å². The van der Waals surface area contributed by atoms with Crippen LogP contribution in [-0.4, -0.2) is 82.0 Å². The number of rotatable bonds is 7. The first-order chi connectivity index (χ1) is 14.6. The minimum atomic E-state index is -4.55. The molecule has 2 aromatic heterocycles. The smallest absolute Gasteiger partial charge is 0.397 e. The summed E-state index contributed by atoms with van der Waals surface area (Å²) in [6.07, 6.45) is -5.27. The van der Waals surface area contributed by atoms with Crippen LogP contribution in [0.4, 0.5) is 24.9 Å². The van der Waals surface area contributed by atoms with Crippen molar-refractivity contribution in [3.8, 4) is 0 Å². The number of carboxylic acids is 1. The highest BCUT2D eigenvalue weighted by Gasteiger charge is 2.35. The summed E-state index contributed by atoms with van der Waals surface area (Å²) in [5.41, 5.74) is 0. The summed E-state index contributed by atoms with van der Waals surface area (Å²) >= 11 is 1.43. The number of alkyl halides is 3. The highest BCUT2D eigenvalue weighted by atomic mass is 32.1. The molecule has 3 N–H and O–H groups in total. The number of hydrogen-bond donors (Lipinski definition) is 3. The Hall–Kier alpha value is -2.67. The van der Waals surface area contributed by atoms with Crippen molar-refractivity contribution in [3.63, 3.8) is 0 Å². The molecule has 1 aliphatic heterocycles. The van der Waals surface area contributed by atoms with E-state index < -0.39 is 37.1 Å². The number of carboxylic acid groups (broad SMARTS) is 1. The number of carbonyl (C=O) groups excluding carboxylic acids is 1. The summed E-state index contributed by atoms with van der Waals surface area (Å²) in [5, 5.41) is 21.8. The maximum absolute atomic E-state index is 12.5. The molecule has 3 heterocycles. The molecule has 2 aromatic rings. The predicted octanol–water partition coefficient (Wildman–Crippen LogP) is 1.71. The second-order valence-electron chi connectivity index (χ2n) is 7.03. The summed E-state index contributed by atoms with van der Waals surface area (Å²) in [7, 11) is 0. The van der Waals surface area contributed by atoms with E-state index in [4.69, 9.17) is 5.11 Å². The molecule has 1 aliphatic rings. The number of aliphatic carboxylic acids is 1. The molecule has 0 saturated carbocycles. The first-order valence-corrected chi connectivity index (χ1v) is 10.4. The number of hydrogen-bond acceptors (Lipinski definition) is 8. The number of aromatic nitrogens is 2. The predicted molar refractivity (Wildman–Crippen MR) is 108 cm³/mol. The third-order valence-corrected chi connectivity index (χ3v) is 6.01. The highest BCUT2D eigenvalue weighted by molar-refractivity contribution is 7.18. The Morgan fingerprint density at radius 1 is 1.26 bits per heavy atom. The van der Waals surface area contributed by atoms with E-state index in [1.165, 1.54) is 16.2 Å². The topological polar surface area (TPSA) is 119 Å². The van der Waals surface area contributed by atoms with Crippen molar-refractivity contribution >= 4 is 45.2 Å². The first-order valence-electron chi connectivity index (χ1n) is 9.61. The molecular formula is C18H22F3N5O4S. The van der Waals surface area contributed by atoms with Gasteiger partial charge in [0.2, 0.25) is 11.9 Å². The number of fused-ring (bicyclic) bond motifs is 1. The van der Waals surface area contributed by atoms with Crippen LogP contribution in [0.25, 0.3) is 10.2 Å². The van der Waals surface area contributed by atoms with Crippen LogP contribution in [0.5, 0.6) is 0 Å². The van der Waals surface area contributed by atoms with Crippen LogP contribution in [0.2, 0.25) is 0 Å². The van der Waals surface area contributed by atoms with E-state index >= 15 is 0 Å². The van der Waals surface area contributed by atoms with Gasteiger partial charge in [-0.2, -0.15) is 18.2 Å². The number of nitrogens with zero attached hydrogens (tertiary/aromatic N) is 4.